The Morgan fingerprint density at radius 3 is 2.79 bits per heavy atom. The molecule has 0 aliphatic carbocycles. The van der Waals surface area contributed by atoms with Gasteiger partial charge in [0.1, 0.15) is 0 Å². The van der Waals surface area contributed by atoms with Gasteiger partial charge in [0.25, 0.3) is 0 Å². The predicted molar refractivity (Wildman–Crippen MR) is 62.7 cm³/mol. The Labute approximate surface area is 91.0 Å². The second-order valence-corrected chi connectivity index (χ2v) is 7.12. The lowest BCUT2D eigenvalue weighted by Crippen LogP contribution is -2.31. The van der Waals surface area contributed by atoms with Gasteiger partial charge in [-0.1, -0.05) is 6.92 Å². The highest BCUT2D eigenvalue weighted by molar-refractivity contribution is 7.99. The van der Waals surface area contributed by atoms with Crippen molar-refractivity contribution in [3.05, 3.63) is 0 Å². The summed E-state index contributed by atoms with van der Waals surface area (Å²) < 4.78 is 22.3. The molecule has 1 fully saturated rings. The van der Waals surface area contributed by atoms with E-state index in [0.29, 0.717) is 11.5 Å². The van der Waals surface area contributed by atoms with Crippen LogP contribution in [-0.2, 0) is 9.84 Å². The average molecular weight is 237 g/mol. The van der Waals surface area contributed by atoms with Crippen LogP contribution in [0.1, 0.15) is 19.8 Å². The Hall–Kier alpha value is 0.260. The van der Waals surface area contributed by atoms with E-state index in [0.717, 1.165) is 18.7 Å². The largest absolute Gasteiger partial charge is 0.312 e. The van der Waals surface area contributed by atoms with E-state index in [-0.39, 0.29) is 6.04 Å². The van der Waals surface area contributed by atoms with Gasteiger partial charge in [-0.3, -0.25) is 0 Å². The average Bonchev–Trinajstić information content (AvgIpc) is 2.45. The summed E-state index contributed by atoms with van der Waals surface area (Å²) in [5.41, 5.74) is 0. The molecule has 0 aromatic rings. The summed E-state index contributed by atoms with van der Waals surface area (Å²) in [6.07, 6.45) is 2.00. The molecule has 1 heterocycles. The van der Waals surface area contributed by atoms with Crippen LogP contribution < -0.4 is 5.32 Å². The van der Waals surface area contributed by atoms with E-state index in [9.17, 15) is 8.42 Å². The maximum Gasteiger partial charge on any atom is 0.151 e. The Morgan fingerprint density at radius 1 is 1.43 bits per heavy atom. The fourth-order valence-corrected chi connectivity index (χ4v) is 4.00. The topological polar surface area (TPSA) is 46.2 Å². The smallest absolute Gasteiger partial charge is 0.151 e. The van der Waals surface area contributed by atoms with E-state index >= 15 is 0 Å². The first kappa shape index (κ1) is 12.3. The fourth-order valence-electron chi connectivity index (χ4n) is 1.54. The first-order chi connectivity index (χ1) is 6.64. The molecule has 1 aliphatic heterocycles. The van der Waals surface area contributed by atoms with Crippen LogP contribution in [0.2, 0.25) is 0 Å². The molecule has 1 aliphatic rings. The van der Waals surface area contributed by atoms with Gasteiger partial charge in [-0.25, -0.2) is 8.42 Å². The van der Waals surface area contributed by atoms with Crippen molar-refractivity contribution in [2.45, 2.75) is 25.8 Å². The molecule has 0 aromatic heterocycles. The normalized spacial score (nSPS) is 25.4. The Bertz CT molecular complexity index is 252. The second-order valence-electron chi connectivity index (χ2n) is 3.67. The summed E-state index contributed by atoms with van der Waals surface area (Å²) in [6.45, 7) is 3.11. The van der Waals surface area contributed by atoms with Crippen LogP contribution in [0.5, 0.6) is 0 Å². The quantitative estimate of drug-likeness (QED) is 0.697. The van der Waals surface area contributed by atoms with Crippen LogP contribution in [0, 0.1) is 0 Å². The van der Waals surface area contributed by atoms with Gasteiger partial charge in [-0.2, -0.15) is 11.8 Å². The molecule has 0 aromatic carbocycles. The third-order valence-electron chi connectivity index (χ3n) is 2.26. The van der Waals surface area contributed by atoms with E-state index in [1.807, 2.05) is 11.8 Å². The lowest BCUT2D eigenvalue weighted by atomic mass is 10.3. The molecule has 0 bridgehead atoms. The van der Waals surface area contributed by atoms with Crippen LogP contribution in [-0.4, -0.2) is 44.0 Å². The van der Waals surface area contributed by atoms with Gasteiger partial charge in [-0.05, 0) is 18.6 Å². The van der Waals surface area contributed by atoms with Crippen LogP contribution in [0.4, 0.5) is 0 Å². The van der Waals surface area contributed by atoms with E-state index in [1.165, 1.54) is 12.2 Å². The van der Waals surface area contributed by atoms with Crippen molar-refractivity contribution in [1.29, 1.82) is 0 Å². The van der Waals surface area contributed by atoms with E-state index in [1.54, 1.807) is 0 Å². The molecule has 1 N–H and O–H groups in total. The van der Waals surface area contributed by atoms with Gasteiger partial charge in [0.2, 0.25) is 0 Å². The van der Waals surface area contributed by atoms with E-state index in [2.05, 4.69) is 12.2 Å². The second kappa shape index (κ2) is 5.98. The molecule has 0 spiro atoms. The molecule has 14 heavy (non-hydrogen) atoms. The fraction of sp³-hybridized carbons (Fsp3) is 1.00. The first-order valence-corrected chi connectivity index (χ1v) is 8.13. The molecule has 1 unspecified atom stereocenters. The summed E-state index contributed by atoms with van der Waals surface area (Å²) in [7, 11) is -2.71. The number of hydrogen-bond acceptors (Lipinski definition) is 4. The Kier molecular flexibility index (Phi) is 5.26. The molecule has 1 saturated heterocycles. The molecule has 0 radical (unpaired) electrons. The summed E-state index contributed by atoms with van der Waals surface area (Å²) in [5.74, 6) is 2.99. The molecule has 0 saturated carbocycles. The predicted octanol–water partition coefficient (Wildman–Crippen LogP) is 0.906. The summed E-state index contributed by atoms with van der Waals surface area (Å²) in [4.78, 5) is 0. The van der Waals surface area contributed by atoms with Crippen molar-refractivity contribution in [2.24, 2.45) is 0 Å². The van der Waals surface area contributed by atoms with Crippen molar-refractivity contribution in [3.63, 3.8) is 0 Å². The molecule has 1 rings (SSSR count). The van der Waals surface area contributed by atoms with Crippen molar-refractivity contribution >= 4 is 21.6 Å². The highest BCUT2D eigenvalue weighted by Crippen LogP contribution is 2.11. The van der Waals surface area contributed by atoms with Crippen molar-refractivity contribution < 1.29 is 8.42 Å². The lowest BCUT2D eigenvalue weighted by molar-refractivity contribution is 0.575. The van der Waals surface area contributed by atoms with Gasteiger partial charge in [-0.15, -0.1) is 0 Å². The van der Waals surface area contributed by atoms with Crippen molar-refractivity contribution in [1.82, 2.24) is 5.32 Å². The molecule has 1 atom stereocenters. The van der Waals surface area contributed by atoms with Crippen LogP contribution in [0.3, 0.4) is 0 Å². The summed E-state index contributed by atoms with van der Waals surface area (Å²) in [5, 5.41) is 3.30. The third kappa shape index (κ3) is 4.66. The maximum absolute atomic E-state index is 11.1. The van der Waals surface area contributed by atoms with Crippen LogP contribution in [0.15, 0.2) is 0 Å². The van der Waals surface area contributed by atoms with Gasteiger partial charge < -0.3 is 5.32 Å². The molecule has 3 nitrogen and oxygen atoms in total. The number of nitrogens with one attached hydrogen (secondary N) is 1. The Balaban J connectivity index is 2.03. The van der Waals surface area contributed by atoms with Crippen LogP contribution >= 0.6 is 11.8 Å². The lowest BCUT2D eigenvalue weighted by Gasteiger charge is -2.09. The highest BCUT2D eigenvalue weighted by atomic mass is 32.2. The zero-order valence-electron chi connectivity index (χ0n) is 8.66. The minimum Gasteiger partial charge on any atom is -0.312 e. The van der Waals surface area contributed by atoms with E-state index < -0.39 is 9.84 Å². The zero-order valence-corrected chi connectivity index (χ0v) is 10.3. The summed E-state index contributed by atoms with van der Waals surface area (Å²) >= 11 is 1.92. The van der Waals surface area contributed by atoms with Crippen molar-refractivity contribution in [3.8, 4) is 0 Å². The number of hydrogen-bond donors (Lipinski definition) is 1. The molecule has 0 amide bonds. The Morgan fingerprint density at radius 2 is 2.21 bits per heavy atom. The standard InChI is InChI=1S/C9H19NO2S2/c1-2-5-13-6-4-10-9-3-7-14(11,12)8-9/h9-10H,2-8H2,1H3. The monoisotopic (exact) mass is 237 g/mol. The van der Waals surface area contributed by atoms with Crippen LogP contribution in [0.25, 0.3) is 0 Å². The number of thioether (sulfide) groups is 1. The van der Waals surface area contributed by atoms with Gasteiger partial charge in [0, 0.05) is 18.3 Å². The minimum atomic E-state index is -2.71. The first-order valence-electron chi connectivity index (χ1n) is 5.15. The molecular weight excluding hydrogens is 218 g/mol. The summed E-state index contributed by atoms with van der Waals surface area (Å²) in [6, 6.07) is 0.210. The van der Waals surface area contributed by atoms with Crippen molar-refractivity contribution in [2.75, 3.05) is 29.6 Å². The molecular formula is C9H19NO2S2. The zero-order chi connectivity index (χ0) is 10.4. The number of rotatable bonds is 6. The number of sulfone groups is 1. The third-order valence-corrected chi connectivity index (χ3v) is 5.22. The maximum atomic E-state index is 11.1. The minimum absolute atomic E-state index is 0.210. The SMILES string of the molecule is CCCSCCNC1CCS(=O)(=O)C1. The van der Waals surface area contributed by atoms with Gasteiger partial charge in [0.05, 0.1) is 11.5 Å². The van der Waals surface area contributed by atoms with Gasteiger partial charge in [0.15, 0.2) is 9.84 Å². The van der Waals surface area contributed by atoms with Gasteiger partial charge >= 0.3 is 0 Å². The molecule has 84 valence electrons. The molecule has 5 heteroatoms. The highest BCUT2D eigenvalue weighted by Gasteiger charge is 2.26. The van der Waals surface area contributed by atoms with E-state index in [4.69, 9.17) is 0 Å².